The minimum Gasteiger partial charge on any atom is -0.508 e. The first-order chi connectivity index (χ1) is 11.0. The molecular formula is C18H17NO3S. The number of nitrogens with two attached hydrogens (primary N) is 1. The quantitative estimate of drug-likeness (QED) is 0.706. The van der Waals surface area contributed by atoms with Gasteiger partial charge in [-0.2, -0.15) is 0 Å². The number of nitrogen functional groups attached to an aromatic ring is 1. The fourth-order valence-corrected chi connectivity index (χ4v) is 3.16. The Balaban J connectivity index is 0.000000203. The van der Waals surface area contributed by atoms with Crippen LogP contribution in [-0.4, -0.2) is 13.5 Å². The first kappa shape index (κ1) is 16.6. The van der Waals surface area contributed by atoms with Gasteiger partial charge in [-0.15, -0.1) is 0 Å². The van der Waals surface area contributed by atoms with E-state index in [0.717, 1.165) is 0 Å². The molecule has 0 aliphatic heterocycles. The van der Waals surface area contributed by atoms with Crippen LogP contribution in [0.1, 0.15) is 0 Å². The Kier molecular flexibility index (Phi) is 5.38. The maximum absolute atomic E-state index is 12.0. The molecule has 3 aromatic carbocycles. The normalized spacial score (nSPS) is 10.4. The molecule has 0 radical (unpaired) electrons. The summed E-state index contributed by atoms with van der Waals surface area (Å²) in [6.07, 6.45) is 0. The molecule has 0 saturated carbocycles. The van der Waals surface area contributed by atoms with Gasteiger partial charge in [-0.05, 0) is 36.4 Å². The molecule has 0 spiro atoms. The molecule has 118 valence electrons. The van der Waals surface area contributed by atoms with Crippen molar-refractivity contribution < 1.29 is 13.5 Å². The zero-order valence-electron chi connectivity index (χ0n) is 12.3. The summed E-state index contributed by atoms with van der Waals surface area (Å²) in [6.45, 7) is 0. The zero-order valence-corrected chi connectivity index (χ0v) is 13.1. The average molecular weight is 327 g/mol. The number of anilines is 1. The molecule has 0 aliphatic rings. The van der Waals surface area contributed by atoms with Gasteiger partial charge in [0.1, 0.15) is 5.75 Å². The summed E-state index contributed by atoms with van der Waals surface area (Å²) in [5, 5.41) is 8.73. The maximum atomic E-state index is 12.0. The average Bonchev–Trinajstić information content (AvgIpc) is 2.57. The van der Waals surface area contributed by atoms with Crippen LogP contribution >= 0.6 is 0 Å². The number of phenols is 1. The summed E-state index contributed by atoms with van der Waals surface area (Å²) in [6, 6.07) is 23.4. The van der Waals surface area contributed by atoms with Crippen molar-refractivity contribution in [1.82, 2.24) is 0 Å². The first-order valence-electron chi connectivity index (χ1n) is 6.90. The summed E-state index contributed by atoms with van der Waals surface area (Å²) >= 11 is 0. The van der Waals surface area contributed by atoms with Crippen molar-refractivity contribution in [2.24, 2.45) is 0 Å². The molecule has 0 amide bonds. The fourth-order valence-electron chi connectivity index (χ4n) is 1.86. The Morgan fingerprint density at radius 2 is 1.17 bits per heavy atom. The predicted molar refractivity (Wildman–Crippen MR) is 90.9 cm³/mol. The lowest BCUT2D eigenvalue weighted by atomic mass is 10.3. The van der Waals surface area contributed by atoms with Crippen LogP contribution in [0.25, 0.3) is 0 Å². The van der Waals surface area contributed by atoms with Gasteiger partial charge >= 0.3 is 0 Å². The number of phenolic OH excluding ortho intramolecular Hbond substituents is 1. The Bertz CT molecular complexity index is 785. The Labute approximate surface area is 135 Å². The topological polar surface area (TPSA) is 80.4 Å². The van der Waals surface area contributed by atoms with Crippen molar-refractivity contribution in [2.75, 3.05) is 5.73 Å². The number of rotatable bonds is 2. The molecule has 0 aliphatic carbocycles. The number of aromatic hydroxyl groups is 1. The van der Waals surface area contributed by atoms with E-state index in [1.807, 2.05) is 0 Å². The number of hydrogen-bond donors (Lipinski definition) is 2. The number of sulfone groups is 1. The smallest absolute Gasteiger partial charge is 0.206 e. The lowest BCUT2D eigenvalue weighted by Gasteiger charge is -2.03. The number of benzene rings is 3. The van der Waals surface area contributed by atoms with Crippen LogP contribution in [0.5, 0.6) is 5.75 Å². The Morgan fingerprint density at radius 1 is 0.696 bits per heavy atom. The van der Waals surface area contributed by atoms with Crippen molar-refractivity contribution in [3.8, 4) is 5.75 Å². The minimum atomic E-state index is -3.34. The van der Waals surface area contributed by atoms with Gasteiger partial charge in [0.2, 0.25) is 9.84 Å². The molecular weight excluding hydrogens is 310 g/mol. The second-order valence-corrected chi connectivity index (χ2v) is 6.67. The first-order valence-corrected chi connectivity index (χ1v) is 8.38. The lowest BCUT2D eigenvalue weighted by molar-refractivity contribution is 0.475. The van der Waals surface area contributed by atoms with Gasteiger partial charge in [-0.1, -0.05) is 42.5 Å². The summed E-state index contributed by atoms with van der Waals surface area (Å²) in [7, 11) is -3.34. The highest BCUT2D eigenvalue weighted by molar-refractivity contribution is 7.91. The zero-order chi connectivity index (χ0) is 16.7. The highest BCUT2D eigenvalue weighted by atomic mass is 32.2. The van der Waals surface area contributed by atoms with Crippen LogP contribution in [0.3, 0.4) is 0 Å². The van der Waals surface area contributed by atoms with Gasteiger partial charge in [-0.3, -0.25) is 0 Å². The van der Waals surface area contributed by atoms with Crippen LogP contribution in [0.15, 0.2) is 94.7 Å². The van der Waals surface area contributed by atoms with Crippen molar-refractivity contribution in [1.29, 1.82) is 0 Å². The van der Waals surface area contributed by atoms with Crippen LogP contribution < -0.4 is 5.73 Å². The van der Waals surface area contributed by atoms with Gasteiger partial charge in [0.05, 0.1) is 9.79 Å². The van der Waals surface area contributed by atoms with E-state index in [9.17, 15) is 8.42 Å². The van der Waals surface area contributed by atoms with Crippen LogP contribution in [0, 0.1) is 0 Å². The largest absolute Gasteiger partial charge is 0.508 e. The summed E-state index contributed by atoms with van der Waals surface area (Å²) < 4.78 is 24.1. The molecule has 0 fully saturated rings. The third-order valence-corrected chi connectivity index (χ3v) is 4.76. The second-order valence-electron chi connectivity index (χ2n) is 4.72. The van der Waals surface area contributed by atoms with Crippen molar-refractivity contribution in [3.05, 3.63) is 84.9 Å². The summed E-state index contributed by atoms with van der Waals surface area (Å²) in [5.41, 5.74) is 5.89. The van der Waals surface area contributed by atoms with Gasteiger partial charge in [0.25, 0.3) is 0 Å². The third-order valence-electron chi connectivity index (χ3n) is 2.98. The molecule has 3 rings (SSSR count). The standard InChI is InChI=1S/C12H10O2S.C6H7NO/c13-15(14,11-7-3-1-4-8-11)12-9-5-2-6-10-12;7-5-2-1-3-6(8)4-5/h1-10H;1-4,8H,7H2. The van der Waals surface area contributed by atoms with E-state index in [4.69, 9.17) is 10.8 Å². The molecule has 23 heavy (non-hydrogen) atoms. The van der Waals surface area contributed by atoms with Gasteiger partial charge in [0.15, 0.2) is 0 Å². The molecule has 3 N–H and O–H groups in total. The Morgan fingerprint density at radius 3 is 1.52 bits per heavy atom. The highest BCUT2D eigenvalue weighted by Crippen LogP contribution is 2.19. The molecule has 5 heteroatoms. The van der Waals surface area contributed by atoms with Gasteiger partial charge < -0.3 is 10.8 Å². The maximum Gasteiger partial charge on any atom is 0.206 e. The lowest BCUT2D eigenvalue weighted by Crippen LogP contribution is -2.00. The van der Waals surface area contributed by atoms with Gasteiger partial charge in [0, 0.05) is 11.8 Å². The summed E-state index contributed by atoms with van der Waals surface area (Å²) in [5.74, 6) is 0.213. The molecule has 4 nitrogen and oxygen atoms in total. The summed E-state index contributed by atoms with van der Waals surface area (Å²) in [4.78, 5) is 0.660. The van der Waals surface area contributed by atoms with Crippen LogP contribution in [-0.2, 0) is 9.84 Å². The second kappa shape index (κ2) is 7.47. The number of hydrogen-bond acceptors (Lipinski definition) is 4. The van der Waals surface area contributed by atoms with Crippen LogP contribution in [0.2, 0.25) is 0 Å². The molecule has 0 heterocycles. The third kappa shape index (κ3) is 4.59. The molecule has 0 bridgehead atoms. The van der Waals surface area contributed by atoms with E-state index in [-0.39, 0.29) is 5.75 Å². The molecule has 0 unspecified atom stereocenters. The van der Waals surface area contributed by atoms with Gasteiger partial charge in [-0.25, -0.2) is 8.42 Å². The fraction of sp³-hybridized carbons (Fsp3) is 0. The molecule has 0 saturated heterocycles. The van der Waals surface area contributed by atoms with E-state index in [1.165, 1.54) is 6.07 Å². The van der Waals surface area contributed by atoms with Crippen molar-refractivity contribution in [3.63, 3.8) is 0 Å². The van der Waals surface area contributed by atoms with E-state index in [2.05, 4.69) is 0 Å². The molecule has 3 aromatic rings. The van der Waals surface area contributed by atoms with Crippen molar-refractivity contribution >= 4 is 15.5 Å². The van der Waals surface area contributed by atoms with Crippen LogP contribution in [0.4, 0.5) is 5.69 Å². The minimum absolute atomic E-state index is 0.213. The van der Waals surface area contributed by atoms with Crippen molar-refractivity contribution in [2.45, 2.75) is 9.79 Å². The molecule has 0 aromatic heterocycles. The van der Waals surface area contributed by atoms with E-state index in [0.29, 0.717) is 15.5 Å². The van der Waals surface area contributed by atoms with E-state index < -0.39 is 9.84 Å². The monoisotopic (exact) mass is 327 g/mol. The van der Waals surface area contributed by atoms with E-state index >= 15 is 0 Å². The van der Waals surface area contributed by atoms with E-state index in [1.54, 1.807) is 78.9 Å². The highest BCUT2D eigenvalue weighted by Gasteiger charge is 2.15. The molecule has 0 atom stereocenters. The Hall–Kier alpha value is -2.79. The predicted octanol–water partition coefficient (Wildman–Crippen LogP) is 3.49. The SMILES string of the molecule is Nc1cccc(O)c1.O=S(=O)(c1ccccc1)c1ccccc1.